The van der Waals surface area contributed by atoms with Gasteiger partial charge in [-0.15, -0.1) is 0 Å². The number of hydrogen-bond acceptors (Lipinski definition) is 6. The van der Waals surface area contributed by atoms with Crippen molar-refractivity contribution >= 4 is 28.7 Å². The normalized spacial score (nSPS) is 16.2. The Morgan fingerprint density at radius 2 is 0.839 bits per heavy atom. The fourth-order valence-electron chi connectivity index (χ4n) is 9.17. The van der Waals surface area contributed by atoms with Gasteiger partial charge in [-0.05, 0) is 115 Å². The summed E-state index contributed by atoms with van der Waals surface area (Å²) in [6.07, 6.45) is 23.4. The van der Waals surface area contributed by atoms with Crippen LogP contribution in [0, 0.1) is 49.4 Å². The lowest BCUT2D eigenvalue weighted by Gasteiger charge is -2.24. The van der Waals surface area contributed by atoms with Crippen molar-refractivity contribution in [2.24, 2.45) is 35.5 Å². The van der Waals surface area contributed by atoms with Crippen LogP contribution in [0.1, 0.15) is 226 Å². The van der Waals surface area contributed by atoms with Crippen LogP contribution in [0.15, 0.2) is 40.0 Å². The van der Waals surface area contributed by atoms with Crippen molar-refractivity contribution in [2.45, 2.75) is 213 Å². The molecule has 4 atom stereocenters. The second kappa shape index (κ2) is 26.9. The number of Topliss-reactive ketones (excluding diaryl/α,β-unsaturated/α-hetero) is 2. The van der Waals surface area contributed by atoms with Crippen LogP contribution in [-0.2, 0) is 14.4 Å². The summed E-state index contributed by atoms with van der Waals surface area (Å²) in [6, 6.07) is 0. The smallest absolute Gasteiger partial charge is 0.193 e. The van der Waals surface area contributed by atoms with E-state index in [-0.39, 0.29) is 50.3 Å². The molecule has 1 aliphatic carbocycles. The first kappa shape index (κ1) is 54.6. The Balaban J connectivity index is 2.24. The van der Waals surface area contributed by atoms with Gasteiger partial charge in [0.05, 0.1) is 11.1 Å². The molecule has 1 aliphatic rings. The fraction of sp³-hybridized carbons (Fsp3) is 0.679. The summed E-state index contributed by atoms with van der Waals surface area (Å²) in [6.45, 7) is 28.4. The first-order chi connectivity index (χ1) is 29.1. The molecule has 1 aromatic rings. The van der Waals surface area contributed by atoms with Crippen molar-refractivity contribution in [3.8, 4) is 11.5 Å². The van der Waals surface area contributed by atoms with Crippen molar-refractivity contribution in [3.63, 3.8) is 0 Å². The predicted octanol–water partition coefficient (Wildman–Crippen LogP) is 15.5. The summed E-state index contributed by atoms with van der Waals surface area (Å²) in [5, 5.41) is 23.3. The van der Waals surface area contributed by atoms with Gasteiger partial charge in [0.2, 0.25) is 0 Å². The SMILES string of the molecule is CC1=C(C)C(=O)C(c2c(C)c(O)c(C)c(C(=O)/C=C(\C)CCCC(C)CCCC(C)CCCC(C)C)c2O)=C(C(=O)/C=C(\C)CCCC(C)CCCC(C)CCCC(C)C)C1=O. The van der Waals surface area contributed by atoms with Crippen molar-refractivity contribution < 1.29 is 29.4 Å². The minimum absolute atomic E-state index is 0.129. The number of phenols is 2. The molecule has 6 nitrogen and oxygen atoms in total. The van der Waals surface area contributed by atoms with Crippen LogP contribution in [0.3, 0.4) is 0 Å². The summed E-state index contributed by atoms with van der Waals surface area (Å²) < 4.78 is 0. The minimum Gasteiger partial charge on any atom is -0.507 e. The molecule has 0 aliphatic heterocycles. The van der Waals surface area contributed by atoms with E-state index in [0.29, 0.717) is 18.3 Å². The molecule has 0 spiro atoms. The van der Waals surface area contributed by atoms with E-state index in [1.165, 1.54) is 110 Å². The molecule has 0 radical (unpaired) electrons. The van der Waals surface area contributed by atoms with Crippen LogP contribution in [0.25, 0.3) is 5.57 Å². The van der Waals surface area contributed by atoms with E-state index in [4.69, 9.17) is 0 Å². The maximum Gasteiger partial charge on any atom is 0.193 e. The van der Waals surface area contributed by atoms with E-state index in [2.05, 4.69) is 55.4 Å². The number of aromatic hydroxyl groups is 2. The molecule has 0 saturated heterocycles. The lowest BCUT2D eigenvalue weighted by molar-refractivity contribution is -0.119. The quantitative estimate of drug-likeness (QED) is 0.0273. The number of ketones is 4. The maximum absolute atomic E-state index is 14.1. The number of benzene rings is 1. The number of hydrogen-bond donors (Lipinski definition) is 2. The molecule has 1 aromatic carbocycles. The third-order valence-corrected chi connectivity index (χ3v) is 13.7. The van der Waals surface area contributed by atoms with Gasteiger partial charge >= 0.3 is 0 Å². The van der Waals surface area contributed by atoms with E-state index >= 15 is 0 Å². The second-order valence-electron chi connectivity index (χ2n) is 20.8. The average molecular weight is 857 g/mol. The highest BCUT2D eigenvalue weighted by atomic mass is 16.3. The van der Waals surface area contributed by atoms with E-state index in [9.17, 15) is 29.4 Å². The van der Waals surface area contributed by atoms with Gasteiger partial charge in [-0.2, -0.15) is 0 Å². The topological polar surface area (TPSA) is 109 Å². The van der Waals surface area contributed by atoms with Gasteiger partial charge in [0.25, 0.3) is 0 Å². The number of carbonyl (C=O) groups is 4. The lowest BCUT2D eigenvalue weighted by Crippen LogP contribution is -2.26. The van der Waals surface area contributed by atoms with E-state index in [0.717, 1.165) is 66.9 Å². The zero-order valence-corrected chi connectivity index (χ0v) is 41.9. The van der Waals surface area contributed by atoms with Crippen molar-refractivity contribution in [1.29, 1.82) is 0 Å². The highest BCUT2D eigenvalue weighted by Crippen LogP contribution is 2.45. The minimum atomic E-state index is -0.616. The third kappa shape index (κ3) is 17.2. The van der Waals surface area contributed by atoms with E-state index < -0.39 is 28.9 Å². The number of phenolic OH excluding ortho intramolecular Hbond substituents is 2. The van der Waals surface area contributed by atoms with Crippen LogP contribution in [0.4, 0.5) is 0 Å². The van der Waals surface area contributed by atoms with E-state index in [1.54, 1.807) is 6.92 Å². The summed E-state index contributed by atoms with van der Waals surface area (Å²) in [5.74, 6) is 1.14. The molecular formula is C56H88O6. The molecule has 0 fully saturated rings. The van der Waals surface area contributed by atoms with Crippen LogP contribution >= 0.6 is 0 Å². The Hall–Kier alpha value is -3.54. The van der Waals surface area contributed by atoms with Crippen molar-refractivity contribution in [2.75, 3.05) is 0 Å². The summed E-state index contributed by atoms with van der Waals surface area (Å²) in [7, 11) is 0. The molecule has 0 bridgehead atoms. The van der Waals surface area contributed by atoms with Gasteiger partial charge in [-0.3, -0.25) is 19.2 Å². The van der Waals surface area contributed by atoms with Crippen molar-refractivity contribution in [1.82, 2.24) is 0 Å². The molecule has 0 aromatic heterocycles. The summed E-state index contributed by atoms with van der Waals surface area (Å²) >= 11 is 0. The van der Waals surface area contributed by atoms with Crippen LogP contribution in [0.2, 0.25) is 0 Å². The van der Waals surface area contributed by atoms with Gasteiger partial charge in [-0.1, -0.05) is 156 Å². The van der Waals surface area contributed by atoms with Gasteiger partial charge in [-0.25, -0.2) is 0 Å². The zero-order chi connectivity index (χ0) is 46.8. The largest absolute Gasteiger partial charge is 0.507 e. The van der Waals surface area contributed by atoms with Crippen LogP contribution < -0.4 is 0 Å². The lowest BCUT2D eigenvalue weighted by atomic mass is 9.77. The molecule has 0 saturated carbocycles. The second-order valence-corrected chi connectivity index (χ2v) is 20.8. The Morgan fingerprint density at radius 3 is 1.24 bits per heavy atom. The molecule has 0 heterocycles. The fourth-order valence-corrected chi connectivity index (χ4v) is 9.17. The molecule has 348 valence electrons. The van der Waals surface area contributed by atoms with Crippen LogP contribution in [0.5, 0.6) is 11.5 Å². The average Bonchev–Trinajstić information content (AvgIpc) is 3.17. The predicted molar refractivity (Wildman–Crippen MR) is 261 cm³/mol. The van der Waals surface area contributed by atoms with Gasteiger partial charge in [0.15, 0.2) is 23.1 Å². The molecule has 2 N–H and O–H groups in total. The van der Waals surface area contributed by atoms with Gasteiger partial charge in [0, 0.05) is 33.4 Å². The Kier molecular flexibility index (Phi) is 23.7. The Morgan fingerprint density at radius 1 is 0.484 bits per heavy atom. The Bertz CT molecular complexity index is 1810. The molecular weight excluding hydrogens is 769 g/mol. The molecule has 4 unspecified atom stereocenters. The zero-order valence-electron chi connectivity index (χ0n) is 41.9. The number of rotatable bonds is 29. The van der Waals surface area contributed by atoms with Crippen LogP contribution in [-0.4, -0.2) is 33.3 Å². The summed E-state index contributed by atoms with van der Waals surface area (Å²) in [4.78, 5) is 56.0. The third-order valence-electron chi connectivity index (χ3n) is 13.7. The maximum atomic E-state index is 14.1. The first-order valence-corrected chi connectivity index (χ1v) is 24.6. The van der Waals surface area contributed by atoms with E-state index in [1.807, 2.05) is 13.8 Å². The Labute approximate surface area is 378 Å². The number of carbonyl (C=O) groups excluding carboxylic acids is 4. The summed E-state index contributed by atoms with van der Waals surface area (Å²) in [5.41, 5.74) is 1.41. The van der Waals surface area contributed by atoms with Crippen molar-refractivity contribution in [3.05, 3.63) is 62.3 Å². The molecule has 62 heavy (non-hydrogen) atoms. The highest BCUT2D eigenvalue weighted by Gasteiger charge is 2.38. The van der Waals surface area contributed by atoms with Gasteiger partial charge < -0.3 is 10.2 Å². The molecule has 6 heteroatoms. The highest BCUT2D eigenvalue weighted by molar-refractivity contribution is 6.47. The van der Waals surface area contributed by atoms with Gasteiger partial charge in [0.1, 0.15) is 11.5 Å². The number of allylic oxidation sites excluding steroid dienone is 8. The standard InChI is InChI=1S/C56H88O6/c1-35(2)21-15-23-37(5)25-17-27-39(7)29-19-31-41(9)33-47(57)49-45(13)53(59)46(14)50(56(49)62)52-51(54(60)43(11)44(12)55(52)61)48(58)34-42(10)32-20-30-40(8)28-18-26-38(6)24-16-22-36(3)4/h33-40,59,62H,15-32H2,1-14H3/b41-33+,42-34+. The molecule has 2 rings (SSSR count). The monoisotopic (exact) mass is 857 g/mol. The molecule has 0 amide bonds. The first-order valence-electron chi connectivity index (χ1n) is 24.6.